The van der Waals surface area contributed by atoms with Crippen molar-refractivity contribution in [3.63, 3.8) is 0 Å². The summed E-state index contributed by atoms with van der Waals surface area (Å²) in [6.45, 7) is 1.10. The maximum Gasteiger partial charge on any atom is 0.404 e. The van der Waals surface area contributed by atoms with E-state index in [0.29, 0.717) is 20.0 Å². The van der Waals surface area contributed by atoms with Crippen molar-refractivity contribution in [3.05, 3.63) is 41.7 Å². The number of rotatable bonds is 6. The smallest absolute Gasteiger partial charge is 0.343 e. The van der Waals surface area contributed by atoms with Crippen LogP contribution in [-0.4, -0.2) is 36.1 Å². The number of anilines is 1. The summed E-state index contributed by atoms with van der Waals surface area (Å²) in [5.41, 5.74) is -1.70. The SMILES string of the molecule is C[C@@H](NS(=O)(=O)c1cn(C)c(C(=O)Nc2ccnc(C(C)(F)F)c2)c1F)C(F)(F)F. The standard InChI is InChI=1S/C16H16F6N4O3S/c1-8(16(20,21)22)25-30(28,29)10-7-26(3)13(12(10)17)14(27)24-9-4-5-23-11(6-9)15(2,18)19/h4-8,25H,1-3H3,(H,23,24,27)/t8-/m1/s1. The molecule has 2 aromatic heterocycles. The normalized spacial score (nSPS) is 13.9. The third kappa shape index (κ3) is 5.11. The molecule has 0 unspecified atom stereocenters. The van der Waals surface area contributed by atoms with Gasteiger partial charge in [-0.3, -0.25) is 9.78 Å². The molecule has 2 heterocycles. The monoisotopic (exact) mass is 458 g/mol. The van der Waals surface area contributed by atoms with E-state index in [2.05, 4.69) is 10.3 Å². The van der Waals surface area contributed by atoms with Crippen LogP contribution in [0.15, 0.2) is 29.4 Å². The Hall–Kier alpha value is -2.61. The molecular weight excluding hydrogens is 442 g/mol. The van der Waals surface area contributed by atoms with Gasteiger partial charge >= 0.3 is 6.18 Å². The molecule has 0 spiro atoms. The summed E-state index contributed by atoms with van der Waals surface area (Å²) in [5.74, 6) is -6.14. The molecular formula is C16H16F6N4O3S. The Labute approximate surface area is 167 Å². The van der Waals surface area contributed by atoms with Gasteiger partial charge in [-0.1, -0.05) is 0 Å². The highest BCUT2D eigenvalue weighted by atomic mass is 32.2. The van der Waals surface area contributed by atoms with E-state index in [0.717, 1.165) is 29.9 Å². The predicted molar refractivity (Wildman–Crippen MR) is 93.0 cm³/mol. The first-order valence-corrected chi connectivity index (χ1v) is 9.62. The quantitative estimate of drug-likeness (QED) is 0.651. The number of pyridine rings is 1. The van der Waals surface area contributed by atoms with E-state index in [1.807, 2.05) is 0 Å². The van der Waals surface area contributed by atoms with Crippen LogP contribution in [0.3, 0.4) is 0 Å². The number of carbonyl (C=O) groups excluding carboxylic acids is 1. The van der Waals surface area contributed by atoms with Gasteiger partial charge in [0.25, 0.3) is 11.8 Å². The number of carbonyl (C=O) groups is 1. The second-order valence-corrected chi connectivity index (χ2v) is 8.11. The van der Waals surface area contributed by atoms with Crippen molar-refractivity contribution in [2.24, 2.45) is 7.05 Å². The molecule has 0 bridgehead atoms. The van der Waals surface area contributed by atoms with Crippen molar-refractivity contribution in [3.8, 4) is 0 Å². The van der Waals surface area contributed by atoms with Crippen molar-refractivity contribution in [1.29, 1.82) is 0 Å². The Morgan fingerprint density at radius 3 is 2.37 bits per heavy atom. The number of nitrogens with zero attached hydrogens (tertiary/aromatic N) is 2. The van der Waals surface area contributed by atoms with Crippen molar-refractivity contribution in [2.45, 2.75) is 36.9 Å². The molecule has 0 aromatic carbocycles. The first kappa shape index (κ1) is 23.7. The van der Waals surface area contributed by atoms with Crippen molar-refractivity contribution >= 4 is 21.6 Å². The zero-order valence-electron chi connectivity index (χ0n) is 15.7. The van der Waals surface area contributed by atoms with E-state index >= 15 is 0 Å². The molecule has 0 fully saturated rings. The first-order valence-electron chi connectivity index (χ1n) is 8.13. The Bertz CT molecular complexity index is 1060. The van der Waals surface area contributed by atoms with Crippen LogP contribution >= 0.6 is 0 Å². The highest BCUT2D eigenvalue weighted by molar-refractivity contribution is 7.89. The Kier molecular flexibility index (Phi) is 6.24. The number of aryl methyl sites for hydroxylation is 1. The van der Waals surface area contributed by atoms with Crippen molar-refractivity contribution in [1.82, 2.24) is 14.3 Å². The van der Waals surface area contributed by atoms with E-state index in [-0.39, 0.29) is 5.69 Å². The van der Waals surface area contributed by atoms with Gasteiger partial charge in [-0.25, -0.2) is 12.8 Å². The summed E-state index contributed by atoms with van der Waals surface area (Å²) in [5, 5.41) is 2.11. The summed E-state index contributed by atoms with van der Waals surface area (Å²) in [6, 6.07) is -0.536. The minimum atomic E-state index is -4.96. The molecule has 1 atom stereocenters. The topological polar surface area (TPSA) is 93.1 Å². The lowest BCUT2D eigenvalue weighted by Crippen LogP contribution is -2.43. The van der Waals surface area contributed by atoms with E-state index in [9.17, 15) is 39.6 Å². The van der Waals surface area contributed by atoms with E-state index in [1.54, 1.807) is 0 Å². The summed E-state index contributed by atoms with van der Waals surface area (Å²) in [6.07, 6.45) is -3.32. The minimum Gasteiger partial charge on any atom is -0.343 e. The number of aromatic nitrogens is 2. The molecule has 2 rings (SSSR count). The van der Waals surface area contributed by atoms with Gasteiger partial charge in [0.1, 0.15) is 22.3 Å². The van der Waals surface area contributed by atoms with Gasteiger partial charge in [-0.15, -0.1) is 0 Å². The van der Waals surface area contributed by atoms with Crippen LogP contribution in [0, 0.1) is 5.82 Å². The van der Waals surface area contributed by atoms with Crippen LogP contribution in [0.2, 0.25) is 0 Å². The average molecular weight is 458 g/mol. The van der Waals surface area contributed by atoms with Gasteiger partial charge < -0.3 is 9.88 Å². The second kappa shape index (κ2) is 7.91. The lowest BCUT2D eigenvalue weighted by atomic mass is 10.2. The lowest BCUT2D eigenvalue weighted by Gasteiger charge is -2.16. The molecule has 7 nitrogen and oxygen atoms in total. The van der Waals surface area contributed by atoms with Crippen LogP contribution < -0.4 is 10.0 Å². The van der Waals surface area contributed by atoms with Crippen LogP contribution in [0.1, 0.15) is 30.0 Å². The van der Waals surface area contributed by atoms with Crippen molar-refractivity contribution in [2.75, 3.05) is 5.32 Å². The predicted octanol–water partition coefficient (Wildman–Crippen LogP) is 3.15. The third-order valence-electron chi connectivity index (χ3n) is 3.88. The highest BCUT2D eigenvalue weighted by Gasteiger charge is 2.40. The zero-order valence-corrected chi connectivity index (χ0v) is 16.5. The highest BCUT2D eigenvalue weighted by Crippen LogP contribution is 2.28. The number of sulfonamides is 1. The molecule has 30 heavy (non-hydrogen) atoms. The fraction of sp³-hybridized carbons (Fsp3) is 0.375. The van der Waals surface area contributed by atoms with Crippen LogP contribution in [-0.2, 0) is 23.0 Å². The molecule has 166 valence electrons. The van der Waals surface area contributed by atoms with Gasteiger partial charge in [0.2, 0.25) is 10.0 Å². The van der Waals surface area contributed by atoms with Crippen LogP contribution in [0.5, 0.6) is 0 Å². The van der Waals surface area contributed by atoms with Crippen molar-refractivity contribution < 1.29 is 39.6 Å². The van der Waals surface area contributed by atoms with Gasteiger partial charge in [0.15, 0.2) is 5.82 Å². The van der Waals surface area contributed by atoms with Gasteiger partial charge in [0, 0.05) is 32.1 Å². The molecule has 0 saturated heterocycles. The Balaban J connectivity index is 2.35. The number of amides is 1. The van der Waals surface area contributed by atoms with Crippen LogP contribution in [0.25, 0.3) is 0 Å². The van der Waals surface area contributed by atoms with Gasteiger partial charge in [-0.2, -0.15) is 26.7 Å². The third-order valence-corrected chi connectivity index (χ3v) is 5.41. The first-order chi connectivity index (χ1) is 13.5. The summed E-state index contributed by atoms with van der Waals surface area (Å²) in [7, 11) is -3.88. The average Bonchev–Trinajstić information content (AvgIpc) is 2.88. The number of halogens is 6. The fourth-order valence-corrected chi connectivity index (χ4v) is 3.67. The summed E-state index contributed by atoms with van der Waals surface area (Å²) < 4.78 is 105. The maximum atomic E-state index is 14.6. The molecule has 14 heteroatoms. The zero-order chi connectivity index (χ0) is 23.1. The molecule has 1 amide bonds. The molecule has 0 aliphatic carbocycles. The second-order valence-electron chi connectivity index (χ2n) is 6.42. The summed E-state index contributed by atoms with van der Waals surface area (Å²) >= 11 is 0. The lowest BCUT2D eigenvalue weighted by molar-refractivity contribution is -0.147. The molecule has 0 aliphatic rings. The van der Waals surface area contributed by atoms with E-state index < -0.39 is 56.2 Å². The number of alkyl halides is 5. The molecule has 0 aliphatic heterocycles. The van der Waals surface area contributed by atoms with Gasteiger partial charge in [-0.05, 0) is 19.1 Å². The van der Waals surface area contributed by atoms with Gasteiger partial charge in [0.05, 0.1) is 0 Å². The molecule has 2 aromatic rings. The molecule has 0 radical (unpaired) electrons. The van der Waals surface area contributed by atoms with Crippen LogP contribution in [0.4, 0.5) is 32.0 Å². The van der Waals surface area contributed by atoms with E-state index in [4.69, 9.17) is 0 Å². The Morgan fingerprint density at radius 2 is 1.83 bits per heavy atom. The largest absolute Gasteiger partial charge is 0.404 e. The minimum absolute atomic E-state index is 0.180. The number of hydrogen-bond acceptors (Lipinski definition) is 4. The number of nitrogens with one attached hydrogen (secondary N) is 2. The summed E-state index contributed by atoms with van der Waals surface area (Å²) in [4.78, 5) is 14.6. The molecule has 2 N–H and O–H groups in total. The molecule has 0 saturated carbocycles. The Morgan fingerprint density at radius 1 is 1.23 bits per heavy atom. The maximum absolute atomic E-state index is 14.6. The number of hydrogen-bond donors (Lipinski definition) is 2. The van der Waals surface area contributed by atoms with E-state index in [1.165, 1.54) is 4.72 Å². The fourth-order valence-electron chi connectivity index (χ4n) is 2.32.